The number of furan rings is 1. The van der Waals surface area contributed by atoms with Crippen LogP contribution in [0.1, 0.15) is 21.7 Å². The first-order valence-electron chi connectivity index (χ1n) is 8.59. The van der Waals surface area contributed by atoms with E-state index < -0.39 is 23.4 Å². The number of rotatable bonds is 7. The summed E-state index contributed by atoms with van der Waals surface area (Å²) in [5, 5.41) is 23.0. The Balaban J connectivity index is 1.70. The van der Waals surface area contributed by atoms with Gasteiger partial charge in [-0.25, -0.2) is 4.79 Å². The third-order valence-corrected chi connectivity index (χ3v) is 4.12. The molecular formula is C20H15N3O7. The van der Waals surface area contributed by atoms with Gasteiger partial charge in [-0.05, 0) is 12.1 Å². The molecule has 0 bridgehead atoms. The van der Waals surface area contributed by atoms with Gasteiger partial charge in [-0.3, -0.25) is 14.9 Å². The third kappa shape index (κ3) is 4.26. The van der Waals surface area contributed by atoms with Gasteiger partial charge in [0.1, 0.15) is 11.7 Å². The van der Waals surface area contributed by atoms with Gasteiger partial charge in [0.25, 0.3) is 11.6 Å². The second kappa shape index (κ2) is 8.85. The number of carbonyl (C=O) groups excluding carboxylic acids is 2. The molecular weight excluding hydrogens is 394 g/mol. The molecule has 10 nitrogen and oxygen atoms in total. The second-order valence-corrected chi connectivity index (χ2v) is 6.06. The molecule has 2 aromatic carbocycles. The first kappa shape index (κ1) is 20.5. The minimum atomic E-state index is -0.849. The van der Waals surface area contributed by atoms with Crippen LogP contribution >= 0.6 is 0 Å². The summed E-state index contributed by atoms with van der Waals surface area (Å²) in [6.07, 6.45) is 0. The molecule has 0 radical (unpaired) electrons. The molecule has 1 heterocycles. The number of nitrogens with one attached hydrogen (secondary N) is 1. The molecule has 0 spiro atoms. The van der Waals surface area contributed by atoms with Crippen LogP contribution < -0.4 is 5.32 Å². The largest absolute Gasteiger partial charge is 0.450 e. The zero-order valence-corrected chi connectivity index (χ0v) is 15.7. The van der Waals surface area contributed by atoms with Gasteiger partial charge in [-0.1, -0.05) is 18.2 Å². The summed E-state index contributed by atoms with van der Waals surface area (Å²) in [6.45, 7) is -0.536. The molecule has 1 amide bonds. The maximum absolute atomic E-state index is 12.4. The van der Waals surface area contributed by atoms with Crippen LogP contribution in [0.4, 0.5) is 11.4 Å². The molecule has 0 aliphatic heterocycles. The van der Waals surface area contributed by atoms with E-state index in [-0.39, 0.29) is 29.3 Å². The van der Waals surface area contributed by atoms with Crippen molar-refractivity contribution in [3.05, 3.63) is 69.5 Å². The number of anilines is 1. The van der Waals surface area contributed by atoms with E-state index in [1.807, 2.05) is 0 Å². The number of para-hydroxylation sites is 1. The summed E-state index contributed by atoms with van der Waals surface area (Å²) in [5.74, 6) is -1.64. The third-order valence-electron chi connectivity index (χ3n) is 4.12. The maximum Gasteiger partial charge on any atom is 0.375 e. The number of non-ortho nitro benzene ring substituents is 1. The van der Waals surface area contributed by atoms with Crippen molar-refractivity contribution in [1.82, 2.24) is 0 Å². The van der Waals surface area contributed by atoms with Gasteiger partial charge in [0, 0.05) is 30.2 Å². The number of fused-ring (bicyclic) bond motifs is 1. The Bertz CT molecular complexity index is 1180. The molecule has 152 valence electrons. The summed E-state index contributed by atoms with van der Waals surface area (Å²) in [6, 6.07) is 12.2. The molecule has 0 atom stereocenters. The van der Waals surface area contributed by atoms with Crippen molar-refractivity contribution in [1.29, 1.82) is 5.26 Å². The number of ether oxygens (including phenoxy) is 2. The summed E-state index contributed by atoms with van der Waals surface area (Å²) >= 11 is 0. The highest BCUT2D eigenvalue weighted by Crippen LogP contribution is 2.27. The van der Waals surface area contributed by atoms with Gasteiger partial charge in [0.2, 0.25) is 5.76 Å². The summed E-state index contributed by atoms with van der Waals surface area (Å²) < 4.78 is 15.7. The van der Waals surface area contributed by atoms with Crippen molar-refractivity contribution in [2.75, 3.05) is 19.0 Å². The highest BCUT2D eigenvalue weighted by atomic mass is 16.6. The van der Waals surface area contributed by atoms with E-state index in [4.69, 9.17) is 19.2 Å². The number of hydrogen-bond donors (Lipinski definition) is 1. The fourth-order valence-corrected chi connectivity index (χ4v) is 2.78. The Morgan fingerprint density at radius 2 is 2.03 bits per heavy atom. The number of nitro groups is 1. The van der Waals surface area contributed by atoms with Crippen molar-refractivity contribution in [2.24, 2.45) is 0 Å². The Hall–Kier alpha value is -4.23. The van der Waals surface area contributed by atoms with E-state index in [1.54, 1.807) is 30.3 Å². The van der Waals surface area contributed by atoms with Crippen LogP contribution in [0.5, 0.6) is 0 Å². The summed E-state index contributed by atoms with van der Waals surface area (Å²) in [5.41, 5.74) is 0.661. The number of nitriles is 1. The van der Waals surface area contributed by atoms with Crippen molar-refractivity contribution < 1.29 is 28.4 Å². The zero-order chi connectivity index (χ0) is 21.7. The van der Waals surface area contributed by atoms with E-state index in [0.717, 1.165) is 12.1 Å². The summed E-state index contributed by atoms with van der Waals surface area (Å²) in [7, 11) is 1.47. The minimum Gasteiger partial charge on any atom is -0.450 e. The summed E-state index contributed by atoms with van der Waals surface area (Å²) in [4.78, 5) is 34.7. The van der Waals surface area contributed by atoms with Crippen LogP contribution in [0.25, 0.3) is 11.0 Å². The monoisotopic (exact) mass is 409 g/mol. The van der Waals surface area contributed by atoms with Crippen molar-refractivity contribution in [2.45, 2.75) is 6.61 Å². The molecule has 10 heteroatoms. The molecule has 1 N–H and O–H groups in total. The van der Waals surface area contributed by atoms with Gasteiger partial charge < -0.3 is 19.2 Å². The molecule has 0 unspecified atom stereocenters. The van der Waals surface area contributed by atoms with E-state index in [0.29, 0.717) is 16.5 Å². The van der Waals surface area contributed by atoms with Crippen molar-refractivity contribution in [3.8, 4) is 6.07 Å². The van der Waals surface area contributed by atoms with Gasteiger partial charge >= 0.3 is 5.97 Å². The lowest BCUT2D eigenvalue weighted by Gasteiger charge is -2.08. The number of carbonyl (C=O) groups is 2. The van der Waals surface area contributed by atoms with E-state index >= 15 is 0 Å². The molecule has 30 heavy (non-hydrogen) atoms. The lowest BCUT2D eigenvalue weighted by atomic mass is 10.1. The SMILES string of the molecule is COCc1c(C(=O)OCC(=O)Nc2ccc([N+](=O)[O-])cc2C#N)oc2ccccc12. The topological polar surface area (TPSA) is 145 Å². The smallest absolute Gasteiger partial charge is 0.375 e. The van der Waals surface area contributed by atoms with Gasteiger partial charge in [-0.2, -0.15) is 5.26 Å². The molecule has 0 aliphatic carbocycles. The highest BCUT2D eigenvalue weighted by Gasteiger charge is 2.22. The molecule has 0 fully saturated rings. The Morgan fingerprint density at radius 1 is 1.27 bits per heavy atom. The van der Waals surface area contributed by atoms with Gasteiger partial charge in [0.05, 0.1) is 22.8 Å². The molecule has 3 aromatic rings. The highest BCUT2D eigenvalue weighted by molar-refractivity contribution is 5.98. The Kier molecular flexibility index (Phi) is 6.05. The predicted molar refractivity (Wildman–Crippen MR) is 104 cm³/mol. The van der Waals surface area contributed by atoms with Crippen LogP contribution in [-0.4, -0.2) is 30.5 Å². The number of hydrogen-bond acceptors (Lipinski definition) is 8. The lowest BCUT2D eigenvalue weighted by molar-refractivity contribution is -0.384. The van der Waals surface area contributed by atoms with Gasteiger partial charge in [0.15, 0.2) is 6.61 Å². The van der Waals surface area contributed by atoms with E-state index in [9.17, 15) is 19.7 Å². The van der Waals surface area contributed by atoms with E-state index in [2.05, 4.69) is 5.32 Å². The second-order valence-electron chi connectivity index (χ2n) is 6.06. The van der Waals surface area contributed by atoms with Crippen molar-refractivity contribution in [3.63, 3.8) is 0 Å². The first-order valence-corrected chi connectivity index (χ1v) is 8.59. The van der Waals surface area contributed by atoms with Crippen molar-refractivity contribution >= 4 is 34.2 Å². The zero-order valence-electron chi connectivity index (χ0n) is 15.7. The van der Waals surface area contributed by atoms with E-state index in [1.165, 1.54) is 13.2 Å². The number of esters is 1. The Labute approximate surface area is 169 Å². The average Bonchev–Trinajstić information content (AvgIpc) is 3.11. The molecule has 0 saturated carbocycles. The molecule has 3 rings (SSSR count). The molecule has 0 saturated heterocycles. The molecule has 1 aromatic heterocycles. The first-order chi connectivity index (χ1) is 14.4. The Morgan fingerprint density at radius 3 is 2.73 bits per heavy atom. The molecule has 0 aliphatic rings. The number of nitrogens with zero attached hydrogens (tertiary/aromatic N) is 2. The maximum atomic E-state index is 12.4. The predicted octanol–water partition coefficient (Wildman–Crippen LogP) is 3.15. The van der Waals surface area contributed by atoms with Crippen LogP contribution in [0, 0.1) is 21.4 Å². The quantitative estimate of drug-likeness (QED) is 0.356. The normalized spacial score (nSPS) is 10.4. The van der Waals surface area contributed by atoms with Crippen LogP contribution in [0.2, 0.25) is 0 Å². The average molecular weight is 409 g/mol. The van der Waals surface area contributed by atoms with Crippen LogP contribution in [-0.2, 0) is 20.9 Å². The number of benzene rings is 2. The van der Waals surface area contributed by atoms with Crippen LogP contribution in [0.3, 0.4) is 0 Å². The fraction of sp³-hybridized carbons (Fsp3) is 0.150. The van der Waals surface area contributed by atoms with Crippen LogP contribution in [0.15, 0.2) is 46.9 Å². The number of nitro benzene ring substituents is 1. The number of methoxy groups -OCH3 is 1. The minimum absolute atomic E-state index is 0.0629. The standard InChI is InChI=1S/C20H15N3O7/c1-28-10-15-14-4-2-3-5-17(14)30-19(15)20(25)29-11-18(24)22-16-7-6-13(23(26)27)8-12(16)9-21/h2-8H,10-11H2,1H3,(H,22,24). The fourth-order valence-electron chi connectivity index (χ4n) is 2.78. The lowest BCUT2D eigenvalue weighted by Crippen LogP contribution is -2.21. The van der Waals surface area contributed by atoms with Gasteiger partial charge in [-0.15, -0.1) is 0 Å². The number of amides is 1.